The van der Waals surface area contributed by atoms with Gasteiger partial charge in [0.05, 0.1) is 27.6 Å². The largest absolute Gasteiger partial charge is 1.00 e. The van der Waals surface area contributed by atoms with Gasteiger partial charge in [-0.05, 0) is 48.2 Å². The number of nitrogens with zero attached hydrogens (tertiary/aromatic N) is 3. The number of hydrogen-bond donors (Lipinski definition) is 1. The first-order valence-corrected chi connectivity index (χ1v) is 11.8. The summed E-state index contributed by atoms with van der Waals surface area (Å²) in [5, 5.41) is 14.3. The van der Waals surface area contributed by atoms with Crippen molar-refractivity contribution in [2.24, 2.45) is 5.92 Å². The van der Waals surface area contributed by atoms with Crippen molar-refractivity contribution in [3.05, 3.63) is 88.2 Å². The third-order valence-electron chi connectivity index (χ3n) is 5.01. The third-order valence-corrected chi connectivity index (χ3v) is 5.64. The van der Waals surface area contributed by atoms with Gasteiger partial charge in [-0.25, -0.2) is 9.97 Å². The molecule has 1 unspecified atom stereocenters. The van der Waals surface area contributed by atoms with Crippen LogP contribution in [0.3, 0.4) is 0 Å². The minimum Gasteiger partial charge on any atom is -0.548 e. The van der Waals surface area contributed by atoms with E-state index in [2.05, 4.69) is 29.1 Å². The molecule has 0 saturated heterocycles. The number of aromatic nitrogens is 2. The van der Waals surface area contributed by atoms with Crippen LogP contribution in [0.15, 0.2) is 67.0 Å². The molecule has 0 fully saturated rings. The zero-order chi connectivity index (χ0) is 25.4. The summed E-state index contributed by atoms with van der Waals surface area (Å²) >= 11 is 12.1. The summed E-state index contributed by atoms with van der Waals surface area (Å²) in [5.41, 5.74) is 1.83. The van der Waals surface area contributed by atoms with Gasteiger partial charge in [0.1, 0.15) is 0 Å². The number of anilines is 2. The van der Waals surface area contributed by atoms with Crippen LogP contribution in [0.25, 0.3) is 6.08 Å². The van der Waals surface area contributed by atoms with E-state index in [-0.39, 0.29) is 51.6 Å². The number of benzene rings is 2. The summed E-state index contributed by atoms with van der Waals surface area (Å²) < 4.78 is 0. The number of amides is 1. The maximum atomic E-state index is 12.5. The molecule has 1 heterocycles. The molecule has 1 atom stereocenters. The Labute approximate surface area is 242 Å². The van der Waals surface area contributed by atoms with E-state index in [0.717, 1.165) is 17.8 Å². The molecular formula is C26H25Cl2N4NaO3. The summed E-state index contributed by atoms with van der Waals surface area (Å²) in [5.74, 6) is -1.07. The van der Waals surface area contributed by atoms with E-state index in [9.17, 15) is 14.7 Å². The quantitative estimate of drug-likeness (QED) is 0.396. The monoisotopic (exact) mass is 534 g/mol. The molecule has 3 aromatic rings. The Morgan fingerprint density at radius 2 is 1.64 bits per heavy atom. The van der Waals surface area contributed by atoms with Crippen LogP contribution >= 0.6 is 23.2 Å². The fraction of sp³-hybridized carbons (Fsp3) is 0.231. The molecule has 1 amide bonds. The fourth-order valence-electron chi connectivity index (χ4n) is 3.36. The topological polar surface area (TPSA) is 98.2 Å². The minimum atomic E-state index is -1.41. The predicted molar refractivity (Wildman–Crippen MR) is 137 cm³/mol. The molecule has 1 aromatic heterocycles. The number of aliphatic carboxylic acids is 1. The zero-order valence-electron chi connectivity index (χ0n) is 20.3. The van der Waals surface area contributed by atoms with Crippen LogP contribution in [0, 0.1) is 5.92 Å². The van der Waals surface area contributed by atoms with Crippen molar-refractivity contribution in [3.63, 3.8) is 0 Å². The van der Waals surface area contributed by atoms with Crippen LogP contribution in [0.5, 0.6) is 0 Å². The number of carboxylic acids is 1. The Kier molecular flexibility index (Phi) is 11.9. The molecule has 0 spiro atoms. The molecule has 3 rings (SSSR count). The summed E-state index contributed by atoms with van der Waals surface area (Å²) in [4.78, 5) is 34.9. The Hall–Kier alpha value is -2.42. The second-order valence-electron chi connectivity index (χ2n) is 8.22. The fourth-order valence-corrected chi connectivity index (χ4v) is 3.93. The summed E-state index contributed by atoms with van der Waals surface area (Å²) in [6.07, 6.45) is 6.88. The molecule has 36 heavy (non-hydrogen) atoms. The predicted octanol–water partition coefficient (Wildman–Crippen LogP) is 1.53. The van der Waals surface area contributed by atoms with Crippen LogP contribution in [0.1, 0.15) is 36.2 Å². The van der Waals surface area contributed by atoms with Crippen molar-refractivity contribution >= 4 is 52.8 Å². The first-order valence-electron chi connectivity index (χ1n) is 11.0. The van der Waals surface area contributed by atoms with Gasteiger partial charge in [-0.3, -0.25) is 4.79 Å². The zero-order valence-corrected chi connectivity index (χ0v) is 23.8. The Morgan fingerprint density at radius 1 is 1.03 bits per heavy atom. The first-order chi connectivity index (χ1) is 16.8. The molecule has 0 bridgehead atoms. The van der Waals surface area contributed by atoms with E-state index in [1.807, 2.05) is 29.2 Å². The van der Waals surface area contributed by atoms with Gasteiger partial charge in [-0.1, -0.05) is 67.4 Å². The summed E-state index contributed by atoms with van der Waals surface area (Å²) in [7, 11) is 0. The number of hydrogen-bond acceptors (Lipinski definition) is 6. The van der Waals surface area contributed by atoms with Crippen LogP contribution in [-0.2, 0) is 4.79 Å². The molecule has 0 saturated carbocycles. The number of rotatable bonds is 10. The van der Waals surface area contributed by atoms with Gasteiger partial charge < -0.3 is 20.1 Å². The van der Waals surface area contributed by atoms with E-state index in [4.69, 9.17) is 23.2 Å². The number of carbonyl (C=O) groups excluding carboxylic acids is 2. The second-order valence-corrected chi connectivity index (χ2v) is 9.04. The van der Waals surface area contributed by atoms with Crippen LogP contribution in [-0.4, -0.2) is 34.4 Å². The van der Waals surface area contributed by atoms with Crippen molar-refractivity contribution in [2.75, 3.05) is 11.4 Å². The minimum absolute atomic E-state index is 0. The van der Waals surface area contributed by atoms with Crippen LogP contribution < -0.4 is 44.9 Å². The van der Waals surface area contributed by atoms with Gasteiger partial charge in [0.2, 0.25) is 5.95 Å². The second kappa shape index (κ2) is 14.4. The van der Waals surface area contributed by atoms with E-state index >= 15 is 0 Å². The van der Waals surface area contributed by atoms with Gasteiger partial charge >= 0.3 is 29.6 Å². The van der Waals surface area contributed by atoms with Gasteiger partial charge in [-0.15, -0.1) is 0 Å². The average Bonchev–Trinajstić information content (AvgIpc) is 2.82. The molecule has 1 N–H and O–H groups in total. The molecule has 10 heteroatoms. The number of halogens is 2. The summed E-state index contributed by atoms with van der Waals surface area (Å²) in [6.45, 7) is 5.00. The van der Waals surface area contributed by atoms with Gasteiger partial charge in [0.25, 0.3) is 5.91 Å². The van der Waals surface area contributed by atoms with Gasteiger partial charge in [0, 0.05) is 24.6 Å². The molecule has 0 radical (unpaired) electrons. The van der Waals surface area contributed by atoms with Crippen LogP contribution in [0.4, 0.5) is 11.6 Å². The van der Waals surface area contributed by atoms with E-state index in [1.54, 1.807) is 36.7 Å². The van der Waals surface area contributed by atoms with E-state index in [0.29, 0.717) is 11.9 Å². The Bertz CT molecular complexity index is 1170. The standard InChI is InChI=1S/C26H26Cl2N4O3.Na/c1-17(2)16-32(26-29-14-5-15-30-26)19-12-10-18(11-13-19)6-3-9-22(25(34)35)31-24(33)23-20(27)7-4-8-21(23)28;/h3-8,10-15,17,22H,9,16H2,1-2H3,(H,31,33)(H,34,35);/q;+1/p-1/b6-3+;. The van der Waals surface area contributed by atoms with Crippen molar-refractivity contribution in [1.82, 2.24) is 15.3 Å². The molecule has 2 aromatic carbocycles. The number of carbonyl (C=O) groups is 2. The normalized spacial score (nSPS) is 11.7. The first kappa shape index (κ1) is 29.8. The van der Waals surface area contributed by atoms with Crippen molar-refractivity contribution in [2.45, 2.75) is 26.3 Å². The Balaban J connectivity index is 0.00000456. The number of carboxylic acid groups (broad SMARTS) is 1. The van der Waals surface area contributed by atoms with E-state index < -0.39 is 17.9 Å². The number of nitrogens with one attached hydrogen (secondary N) is 1. The molecule has 0 aliphatic heterocycles. The molecule has 7 nitrogen and oxygen atoms in total. The average molecular weight is 535 g/mol. The van der Waals surface area contributed by atoms with Gasteiger partial charge in [-0.2, -0.15) is 0 Å². The smallest absolute Gasteiger partial charge is 0.548 e. The SMILES string of the molecule is CC(C)CN(c1ccc(/C=C/CC(NC(=O)c2c(Cl)cccc2Cl)C(=O)[O-])cc1)c1ncccn1.[Na+]. The van der Waals surface area contributed by atoms with Crippen LogP contribution in [0.2, 0.25) is 10.0 Å². The molecule has 0 aliphatic carbocycles. The maximum Gasteiger partial charge on any atom is 1.00 e. The maximum absolute atomic E-state index is 12.5. The molecule has 0 aliphatic rings. The van der Waals surface area contributed by atoms with Gasteiger partial charge in [0.15, 0.2) is 0 Å². The van der Waals surface area contributed by atoms with Crippen molar-refractivity contribution < 1.29 is 44.3 Å². The third kappa shape index (κ3) is 8.32. The molecular weight excluding hydrogens is 510 g/mol. The van der Waals surface area contributed by atoms with E-state index in [1.165, 1.54) is 12.1 Å². The van der Waals surface area contributed by atoms with Crippen molar-refractivity contribution in [1.29, 1.82) is 0 Å². The molecule has 182 valence electrons. The Morgan fingerprint density at radius 3 is 2.19 bits per heavy atom. The van der Waals surface area contributed by atoms with Crippen molar-refractivity contribution in [3.8, 4) is 0 Å². The summed E-state index contributed by atoms with van der Waals surface area (Å²) in [6, 6.07) is 12.9.